The van der Waals surface area contributed by atoms with E-state index >= 15 is 0 Å². The molecule has 0 rings (SSSR count). The number of allylic oxidation sites excluding steroid dienone is 8. The molecule has 0 N–H and O–H groups in total. The second-order valence-corrected chi connectivity index (χ2v) is 20.2. The Hall–Kier alpha value is -2.63. The van der Waals surface area contributed by atoms with E-state index in [1.807, 2.05) is 0 Å². The molecule has 0 amide bonds. The summed E-state index contributed by atoms with van der Waals surface area (Å²) in [6, 6.07) is 0. The number of unbranched alkanes of at least 4 members (excludes halogenated alkanes) is 36. The Kier molecular flexibility index (Phi) is 55.7. The van der Waals surface area contributed by atoms with E-state index < -0.39 is 6.10 Å². The van der Waals surface area contributed by atoms with Crippen LogP contribution >= 0.6 is 0 Å². The van der Waals surface area contributed by atoms with E-state index in [1.165, 1.54) is 180 Å². The van der Waals surface area contributed by atoms with Crippen LogP contribution in [0.15, 0.2) is 48.6 Å². The Morgan fingerprint density at radius 1 is 0.304 bits per heavy atom. The number of esters is 3. The molecule has 6 heteroatoms. The fourth-order valence-corrected chi connectivity index (χ4v) is 8.85. The maximum atomic E-state index is 12.9. The Labute approximate surface area is 428 Å². The van der Waals surface area contributed by atoms with Crippen LogP contribution in [-0.4, -0.2) is 37.2 Å². The number of rotatable bonds is 55. The molecule has 0 aliphatic heterocycles. The van der Waals surface area contributed by atoms with E-state index in [2.05, 4.69) is 69.4 Å². The van der Waals surface area contributed by atoms with Crippen LogP contribution in [0.25, 0.3) is 0 Å². The van der Waals surface area contributed by atoms with Gasteiger partial charge in [-0.2, -0.15) is 0 Å². The summed E-state index contributed by atoms with van der Waals surface area (Å²) in [5.41, 5.74) is 0. The van der Waals surface area contributed by atoms with Crippen molar-refractivity contribution in [2.45, 2.75) is 322 Å². The van der Waals surface area contributed by atoms with E-state index in [9.17, 15) is 14.4 Å². The summed E-state index contributed by atoms with van der Waals surface area (Å²) < 4.78 is 16.9. The zero-order valence-electron chi connectivity index (χ0n) is 46.1. The van der Waals surface area contributed by atoms with Crippen LogP contribution in [-0.2, 0) is 28.6 Å². The third kappa shape index (κ3) is 56.2. The molecule has 0 fully saturated rings. The Morgan fingerprint density at radius 3 is 0.884 bits per heavy atom. The number of hydrogen-bond donors (Lipinski definition) is 0. The summed E-state index contributed by atoms with van der Waals surface area (Å²) >= 11 is 0. The predicted molar refractivity (Wildman–Crippen MR) is 298 cm³/mol. The molecular weight excluding hydrogens is 853 g/mol. The van der Waals surface area contributed by atoms with Crippen LogP contribution in [0.5, 0.6) is 0 Å². The van der Waals surface area contributed by atoms with Crippen LogP contribution < -0.4 is 0 Å². The van der Waals surface area contributed by atoms with Gasteiger partial charge in [0.1, 0.15) is 13.2 Å². The van der Waals surface area contributed by atoms with Crippen molar-refractivity contribution < 1.29 is 28.6 Å². The zero-order chi connectivity index (χ0) is 50.0. The molecule has 1 atom stereocenters. The monoisotopic (exact) mass is 967 g/mol. The Morgan fingerprint density at radius 2 is 0.565 bits per heavy atom. The topological polar surface area (TPSA) is 78.9 Å². The van der Waals surface area contributed by atoms with Crippen molar-refractivity contribution in [3.05, 3.63) is 48.6 Å². The van der Waals surface area contributed by atoms with E-state index in [-0.39, 0.29) is 31.1 Å². The molecule has 0 aliphatic rings. The van der Waals surface area contributed by atoms with Crippen molar-refractivity contribution in [1.29, 1.82) is 0 Å². The number of hydrogen-bond acceptors (Lipinski definition) is 6. The third-order valence-electron chi connectivity index (χ3n) is 13.3. The fourth-order valence-electron chi connectivity index (χ4n) is 8.85. The maximum absolute atomic E-state index is 12.9. The largest absolute Gasteiger partial charge is 0.462 e. The highest BCUT2D eigenvalue weighted by Gasteiger charge is 2.19. The second kappa shape index (κ2) is 57.9. The SMILES string of the molecule is CC/C=C\C/C=C\C/C=C\C/C=C\CCCCCCCCC(=O)OC(COC(=O)CCCCCCCCCCCC)COC(=O)CCCCCCCCCCCCCCCCCCCCCCCC. The van der Waals surface area contributed by atoms with Crippen LogP contribution in [0.3, 0.4) is 0 Å². The fraction of sp³-hybridized carbons (Fsp3) is 0.825. The van der Waals surface area contributed by atoms with E-state index in [1.54, 1.807) is 0 Å². The lowest BCUT2D eigenvalue weighted by atomic mass is 10.0. The summed E-state index contributed by atoms with van der Waals surface area (Å²) in [7, 11) is 0. The first-order valence-corrected chi connectivity index (χ1v) is 30.1. The number of carbonyl (C=O) groups excluding carboxylic acids is 3. The molecule has 0 heterocycles. The molecule has 1 unspecified atom stereocenters. The minimum atomic E-state index is -0.777. The van der Waals surface area contributed by atoms with Gasteiger partial charge in [0, 0.05) is 19.3 Å². The highest BCUT2D eigenvalue weighted by molar-refractivity contribution is 5.71. The molecule has 0 radical (unpaired) electrons. The average Bonchev–Trinajstić information content (AvgIpc) is 3.35. The molecule has 0 aliphatic carbocycles. The molecule has 0 saturated carbocycles. The van der Waals surface area contributed by atoms with Crippen molar-refractivity contribution in [3.8, 4) is 0 Å². The molecule has 0 saturated heterocycles. The molecule has 0 aromatic carbocycles. The van der Waals surface area contributed by atoms with Crippen LogP contribution in [0, 0.1) is 0 Å². The molecule has 0 aromatic heterocycles. The van der Waals surface area contributed by atoms with Gasteiger partial charge < -0.3 is 14.2 Å². The first-order valence-electron chi connectivity index (χ1n) is 30.1. The minimum absolute atomic E-state index is 0.0747. The third-order valence-corrected chi connectivity index (χ3v) is 13.3. The standard InChI is InChI=1S/C63H114O6/c1-4-7-10-13-16-19-22-24-26-28-30-31-32-34-35-37-39-41-44-47-50-53-56-62(65)68-59-60(58-67-61(64)55-52-49-46-43-21-18-15-12-9-6-3)69-63(66)57-54-51-48-45-42-40-38-36-33-29-27-25-23-20-17-14-11-8-5-2/h8,11,17,20,25,27,33,36,60H,4-7,9-10,12-16,18-19,21-24,26,28-32,34-35,37-59H2,1-3H3/b11-8-,20-17-,27-25-,36-33-. The van der Waals surface area contributed by atoms with E-state index in [4.69, 9.17) is 14.2 Å². The summed E-state index contributed by atoms with van der Waals surface area (Å²) in [5.74, 6) is -0.873. The van der Waals surface area contributed by atoms with Crippen molar-refractivity contribution in [2.24, 2.45) is 0 Å². The van der Waals surface area contributed by atoms with Crippen molar-refractivity contribution in [2.75, 3.05) is 13.2 Å². The number of carbonyl (C=O) groups is 3. The molecule has 6 nitrogen and oxygen atoms in total. The van der Waals surface area contributed by atoms with Gasteiger partial charge in [-0.3, -0.25) is 14.4 Å². The lowest BCUT2D eigenvalue weighted by Crippen LogP contribution is -2.30. The Balaban J connectivity index is 4.25. The zero-order valence-corrected chi connectivity index (χ0v) is 46.1. The van der Waals surface area contributed by atoms with Gasteiger partial charge in [-0.1, -0.05) is 288 Å². The molecule has 0 aromatic rings. The highest BCUT2D eigenvalue weighted by atomic mass is 16.6. The summed E-state index contributed by atoms with van der Waals surface area (Å²) in [6.07, 6.45) is 71.2. The minimum Gasteiger partial charge on any atom is -0.462 e. The molecular formula is C63H114O6. The highest BCUT2D eigenvalue weighted by Crippen LogP contribution is 2.17. The van der Waals surface area contributed by atoms with Gasteiger partial charge in [0.25, 0.3) is 0 Å². The second-order valence-electron chi connectivity index (χ2n) is 20.2. The van der Waals surface area contributed by atoms with Gasteiger partial charge in [0.15, 0.2) is 6.10 Å². The summed E-state index contributed by atoms with van der Waals surface area (Å²) in [5, 5.41) is 0. The predicted octanol–water partition coefficient (Wildman–Crippen LogP) is 20.2. The Bertz CT molecular complexity index is 1200. The smallest absolute Gasteiger partial charge is 0.306 e. The molecule has 0 bridgehead atoms. The van der Waals surface area contributed by atoms with Gasteiger partial charge in [0.2, 0.25) is 0 Å². The van der Waals surface area contributed by atoms with Gasteiger partial charge in [0.05, 0.1) is 0 Å². The molecule has 402 valence electrons. The van der Waals surface area contributed by atoms with Gasteiger partial charge in [-0.25, -0.2) is 0 Å². The lowest BCUT2D eigenvalue weighted by molar-refractivity contribution is -0.167. The first kappa shape index (κ1) is 66.4. The normalized spacial score (nSPS) is 12.3. The van der Waals surface area contributed by atoms with Crippen LogP contribution in [0.4, 0.5) is 0 Å². The molecule has 69 heavy (non-hydrogen) atoms. The van der Waals surface area contributed by atoms with E-state index in [0.717, 1.165) is 96.3 Å². The van der Waals surface area contributed by atoms with Crippen LogP contribution in [0.2, 0.25) is 0 Å². The average molecular weight is 968 g/mol. The van der Waals surface area contributed by atoms with Crippen molar-refractivity contribution >= 4 is 17.9 Å². The van der Waals surface area contributed by atoms with Crippen molar-refractivity contribution in [1.82, 2.24) is 0 Å². The lowest BCUT2D eigenvalue weighted by Gasteiger charge is -2.18. The maximum Gasteiger partial charge on any atom is 0.306 e. The summed E-state index contributed by atoms with van der Waals surface area (Å²) in [6.45, 7) is 6.55. The van der Waals surface area contributed by atoms with Crippen LogP contribution in [0.1, 0.15) is 316 Å². The quantitative estimate of drug-likeness (QED) is 0.0262. The van der Waals surface area contributed by atoms with Gasteiger partial charge in [-0.05, 0) is 57.8 Å². The number of ether oxygens (including phenoxy) is 3. The van der Waals surface area contributed by atoms with E-state index in [0.29, 0.717) is 19.3 Å². The van der Waals surface area contributed by atoms with Gasteiger partial charge >= 0.3 is 17.9 Å². The first-order chi connectivity index (χ1) is 34.0. The molecule has 0 spiro atoms. The van der Waals surface area contributed by atoms with Gasteiger partial charge in [-0.15, -0.1) is 0 Å². The summed E-state index contributed by atoms with van der Waals surface area (Å²) in [4.78, 5) is 38.1. The van der Waals surface area contributed by atoms with Crippen molar-refractivity contribution in [3.63, 3.8) is 0 Å².